The van der Waals surface area contributed by atoms with Crippen molar-refractivity contribution in [3.63, 3.8) is 0 Å². The molecule has 1 unspecified atom stereocenters. The first-order valence-electron chi connectivity index (χ1n) is 14.4. The summed E-state index contributed by atoms with van der Waals surface area (Å²) in [5.74, 6) is -1.19. The van der Waals surface area contributed by atoms with E-state index in [0.717, 1.165) is 22.6 Å². The second-order valence-electron chi connectivity index (χ2n) is 10.9. The summed E-state index contributed by atoms with van der Waals surface area (Å²) in [5, 5.41) is 27.4. The topological polar surface area (TPSA) is 239 Å². The van der Waals surface area contributed by atoms with E-state index in [1.807, 2.05) is 6.92 Å². The van der Waals surface area contributed by atoms with Crippen molar-refractivity contribution in [3.05, 3.63) is 89.2 Å². The molecule has 0 saturated carbocycles. The Morgan fingerprint density at radius 3 is 2.43 bits per heavy atom. The summed E-state index contributed by atoms with van der Waals surface area (Å²) in [5.41, 5.74) is 14.2. The fourth-order valence-electron chi connectivity index (χ4n) is 5.15. The molecule has 2 atom stereocenters. The van der Waals surface area contributed by atoms with Crippen molar-refractivity contribution in [2.75, 3.05) is 13.1 Å². The third kappa shape index (κ3) is 7.47. The van der Waals surface area contributed by atoms with E-state index in [1.54, 1.807) is 31.2 Å². The molecule has 2 aromatic carbocycles. The lowest BCUT2D eigenvalue weighted by molar-refractivity contribution is -0.386. The number of nitro benzene ring substituents is 1. The zero-order valence-corrected chi connectivity index (χ0v) is 25.9. The number of H-pyrrole nitrogens is 1. The van der Waals surface area contributed by atoms with Crippen LogP contribution >= 0.6 is 11.6 Å². The zero-order valence-electron chi connectivity index (χ0n) is 25.1. The Balaban J connectivity index is 1.76. The van der Waals surface area contributed by atoms with Crippen molar-refractivity contribution in [2.24, 2.45) is 22.2 Å². The minimum Gasteiger partial charge on any atom is -0.370 e. The molecule has 17 heteroatoms. The average molecular weight is 657 g/mol. The molecule has 0 radical (unpaired) electrons. The highest BCUT2D eigenvalue weighted by atomic mass is 35.5. The summed E-state index contributed by atoms with van der Waals surface area (Å²) < 4.78 is 16.7. The van der Waals surface area contributed by atoms with Gasteiger partial charge in [-0.25, -0.2) is 9.18 Å². The number of nitrogens with two attached hydrogens (primary N) is 3. The molecule has 0 saturated heterocycles. The van der Waals surface area contributed by atoms with Gasteiger partial charge in [0.05, 0.1) is 20.6 Å². The van der Waals surface area contributed by atoms with E-state index in [1.165, 1.54) is 6.20 Å². The van der Waals surface area contributed by atoms with Crippen LogP contribution in [0.25, 0.3) is 28.0 Å². The average Bonchev–Trinajstić information content (AvgIpc) is 3.35. The van der Waals surface area contributed by atoms with Crippen molar-refractivity contribution in [2.45, 2.75) is 51.6 Å². The van der Waals surface area contributed by atoms with Crippen LogP contribution in [0.15, 0.2) is 46.3 Å². The third-order valence-electron chi connectivity index (χ3n) is 7.41. The van der Waals surface area contributed by atoms with Gasteiger partial charge in [0.2, 0.25) is 0 Å². The van der Waals surface area contributed by atoms with Crippen molar-refractivity contribution < 1.29 is 14.2 Å². The molecule has 0 aliphatic heterocycles. The largest absolute Gasteiger partial charge is 0.370 e. The second kappa shape index (κ2) is 14.4. The highest BCUT2D eigenvalue weighted by Crippen LogP contribution is 2.45. The number of nitro groups is 2. The van der Waals surface area contributed by atoms with Crippen LogP contribution in [-0.2, 0) is 6.42 Å². The summed E-state index contributed by atoms with van der Waals surface area (Å²) in [7, 11) is 0. The SMILES string of the molecule is CC(NCCCN=C(N)N)c1ccc(-n2cc3c([N+](=O)[O-])c(-c4c(F)c(Cl)cc(CCC[C@H](C)N)c4[N+](=O)[O-])[nH]c3nc2=O)cc1. The zero-order chi connectivity index (χ0) is 33.7. The molecule has 0 amide bonds. The molecule has 244 valence electrons. The molecule has 2 aromatic heterocycles. The van der Waals surface area contributed by atoms with Crippen molar-refractivity contribution in [1.29, 1.82) is 0 Å². The van der Waals surface area contributed by atoms with E-state index >= 15 is 4.39 Å². The Hall–Kier alpha value is -4.93. The Morgan fingerprint density at radius 2 is 1.83 bits per heavy atom. The van der Waals surface area contributed by atoms with E-state index in [9.17, 15) is 25.0 Å². The first kappa shape index (κ1) is 34.0. The van der Waals surface area contributed by atoms with Crippen LogP contribution in [-0.4, -0.2) is 49.5 Å². The number of hydrogen-bond donors (Lipinski definition) is 5. The van der Waals surface area contributed by atoms with Gasteiger partial charge < -0.3 is 27.5 Å². The van der Waals surface area contributed by atoms with E-state index in [2.05, 4.69) is 20.3 Å². The number of nitrogens with zero attached hydrogens (tertiary/aromatic N) is 5. The highest BCUT2D eigenvalue weighted by molar-refractivity contribution is 6.31. The molecule has 0 spiro atoms. The molecule has 0 fully saturated rings. The van der Waals surface area contributed by atoms with Crippen LogP contribution in [0.4, 0.5) is 15.8 Å². The number of aryl methyl sites for hydroxylation is 1. The number of aromatic amines is 1. The lowest BCUT2D eigenvalue weighted by atomic mass is 9.98. The molecule has 46 heavy (non-hydrogen) atoms. The summed E-state index contributed by atoms with van der Waals surface area (Å²) >= 11 is 6.14. The third-order valence-corrected chi connectivity index (χ3v) is 7.68. The normalized spacial score (nSPS) is 12.6. The summed E-state index contributed by atoms with van der Waals surface area (Å²) in [6.45, 7) is 4.87. The lowest BCUT2D eigenvalue weighted by Gasteiger charge is -2.15. The molecule has 15 nitrogen and oxygen atoms in total. The number of rotatable bonds is 14. The minimum atomic E-state index is -1.22. The molecule has 4 rings (SSSR count). The fraction of sp³-hybridized carbons (Fsp3) is 0.345. The first-order chi connectivity index (χ1) is 21.8. The number of nitrogens with one attached hydrogen (secondary N) is 2. The predicted octanol–water partition coefficient (Wildman–Crippen LogP) is 3.97. The number of halogens is 2. The fourth-order valence-corrected chi connectivity index (χ4v) is 5.38. The molecule has 0 aliphatic carbocycles. The first-order valence-corrected chi connectivity index (χ1v) is 14.8. The monoisotopic (exact) mass is 656 g/mol. The van der Waals surface area contributed by atoms with Gasteiger partial charge in [-0.05, 0) is 69.8 Å². The van der Waals surface area contributed by atoms with Gasteiger partial charge in [-0.1, -0.05) is 23.7 Å². The lowest BCUT2D eigenvalue weighted by Crippen LogP contribution is -2.24. The standard InChI is InChI=1S/C29H34ClFN10O5/c1-15(32)5-3-6-18-13-21(30)23(31)22(25(18)40(43)44)24-26(41(45)46)20-14-39(29(42)38-27(20)37-24)19-9-7-17(8-10-19)16(2)35-11-4-12-36-28(33)34/h7-10,13-16,35H,3-6,11-12,32H2,1-2H3,(H4,33,34,36)(H,37,38,42)/t15-,16?/m0/s1. The molecular formula is C29H34ClFN10O5. The molecule has 4 aromatic rings. The number of hydrogen-bond acceptors (Lipinski definition) is 9. The van der Waals surface area contributed by atoms with Gasteiger partial charge in [-0.2, -0.15) is 4.98 Å². The maximum Gasteiger partial charge on any atom is 0.354 e. The van der Waals surface area contributed by atoms with E-state index in [4.69, 9.17) is 28.8 Å². The smallest absolute Gasteiger partial charge is 0.354 e. The highest BCUT2D eigenvalue weighted by Gasteiger charge is 2.35. The van der Waals surface area contributed by atoms with Crippen LogP contribution in [0.1, 0.15) is 50.3 Å². The van der Waals surface area contributed by atoms with Crippen LogP contribution in [0, 0.1) is 26.0 Å². The number of aromatic nitrogens is 3. The maximum absolute atomic E-state index is 15.6. The van der Waals surface area contributed by atoms with E-state index in [-0.39, 0.29) is 41.1 Å². The van der Waals surface area contributed by atoms with Crippen molar-refractivity contribution in [3.8, 4) is 16.9 Å². The van der Waals surface area contributed by atoms with Crippen molar-refractivity contribution in [1.82, 2.24) is 19.9 Å². The maximum atomic E-state index is 15.6. The van der Waals surface area contributed by atoms with Gasteiger partial charge in [-0.15, -0.1) is 0 Å². The van der Waals surface area contributed by atoms with Crippen LogP contribution < -0.4 is 28.2 Å². The molecule has 0 aliphatic rings. The Morgan fingerprint density at radius 1 is 1.15 bits per heavy atom. The van der Waals surface area contributed by atoms with Gasteiger partial charge >= 0.3 is 11.4 Å². The Kier molecular flexibility index (Phi) is 10.7. The summed E-state index contributed by atoms with van der Waals surface area (Å²) in [6, 6.07) is 7.79. The van der Waals surface area contributed by atoms with Gasteiger partial charge in [-0.3, -0.25) is 29.8 Å². The van der Waals surface area contributed by atoms with Gasteiger partial charge in [0.15, 0.2) is 17.4 Å². The van der Waals surface area contributed by atoms with Crippen LogP contribution in [0.5, 0.6) is 0 Å². The second-order valence-corrected chi connectivity index (χ2v) is 11.3. The van der Waals surface area contributed by atoms with Gasteiger partial charge in [0.1, 0.15) is 16.6 Å². The predicted molar refractivity (Wildman–Crippen MR) is 174 cm³/mol. The molecular weight excluding hydrogens is 623 g/mol. The number of benzene rings is 2. The van der Waals surface area contributed by atoms with E-state index in [0.29, 0.717) is 31.6 Å². The Bertz CT molecular complexity index is 1850. The summed E-state index contributed by atoms with van der Waals surface area (Å²) in [4.78, 5) is 46.6. The quantitative estimate of drug-likeness (QED) is 0.0430. The van der Waals surface area contributed by atoms with Gasteiger partial charge in [0, 0.05) is 30.4 Å². The number of guanidine groups is 1. The number of fused-ring (bicyclic) bond motifs is 1. The minimum absolute atomic E-state index is 0.0311. The molecule has 2 heterocycles. The van der Waals surface area contributed by atoms with Crippen LogP contribution in [0.2, 0.25) is 5.02 Å². The molecule has 0 bridgehead atoms. The summed E-state index contributed by atoms with van der Waals surface area (Å²) in [6.07, 6.45) is 3.01. The Labute approximate surface area is 267 Å². The molecule has 8 N–H and O–H groups in total. The van der Waals surface area contributed by atoms with Crippen LogP contribution in [0.3, 0.4) is 0 Å². The van der Waals surface area contributed by atoms with E-state index < -0.39 is 49.0 Å². The van der Waals surface area contributed by atoms with Gasteiger partial charge in [0.25, 0.3) is 5.69 Å². The van der Waals surface area contributed by atoms with Crippen molar-refractivity contribution >= 4 is 40.0 Å². The number of aliphatic imine (C=N–C) groups is 1.